The van der Waals surface area contributed by atoms with Crippen molar-refractivity contribution in [1.82, 2.24) is 19.9 Å². The van der Waals surface area contributed by atoms with Gasteiger partial charge in [-0.25, -0.2) is 9.97 Å². The van der Waals surface area contributed by atoms with Crippen molar-refractivity contribution in [3.05, 3.63) is 63.6 Å². The SMILES string of the molecule is CN(Cc1ccc(Cl)nc1)C(=O)c1sc(-c2cccnc2)nc1Cl. The van der Waals surface area contributed by atoms with Crippen LogP contribution < -0.4 is 0 Å². The minimum atomic E-state index is -0.192. The molecule has 0 aromatic carbocycles. The Labute approximate surface area is 152 Å². The molecule has 0 saturated carbocycles. The summed E-state index contributed by atoms with van der Waals surface area (Å²) in [6.45, 7) is 0.402. The Kier molecular flexibility index (Phi) is 5.08. The number of hydrogen-bond acceptors (Lipinski definition) is 5. The van der Waals surface area contributed by atoms with E-state index in [4.69, 9.17) is 23.2 Å². The van der Waals surface area contributed by atoms with Gasteiger partial charge in [-0.15, -0.1) is 11.3 Å². The van der Waals surface area contributed by atoms with Gasteiger partial charge in [-0.3, -0.25) is 9.78 Å². The lowest BCUT2D eigenvalue weighted by atomic mass is 10.2. The van der Waals surface area contributed by atoms with E-state index in [0.717, 1.165) is 11.1 Å². The largest absolute Gasteiger partial charge is 0.337 e. The maximum atomic E-state index is 12.6. The molecule has 3 heterocycles. The number of hydrogen-bond donors (Lipinski definition) is 0. The number of thiazole rings is 1. The summed E-state index contributed by atoms with van der Waals surface area (Å²) in [7, 11) is 1.71. The lowest BCUT2D eigenvalue weighted by Gasteiger charge is -2.16. The molecule has 0 N–H and O–H groups in total. The summed E-state index contributed by atoms with van der Waals surface area (Å²) < 4.78 is 0. The molecule has 0 aliphatic carbocycles. The van der Waals surface area contributed by atoms with Crippen LogP contribution in [0.4, 0.5) is 0 Å². The Hall–Kier alpha value is -2.02. The highest BCUT2D eigenvalue weighted by Gasteiger charge is 2.21. The first-order valence-electron chi connectivity index (χ1n) is 6.97. The van der Waals surface area contributed by atoms with E-state index in [1.54, 1.807) is 36.6 Å². The van der Waals surface area contributed by atoms with Gasteiger partial charge in [0.15, 0.2) is 5.15 Å². The number of amides is 1. The predicted octanol–water partition coefficient (Wildman–Crippen LogP) is 4.18. The van der Waals surface area contributed by atoms with Crippen LogP contribution in [0, 0.1) is 0 Å². The normalized spacial score (nSPS) is 10.6. The number of carbonyl (C=O) groups is 1. The minimum absolute atomic E-state index is 0.192. The standard InChI is InChI=1S/C16H12Cl2N4OS/c1-22(9-10-4-5-12(17)20-7-10)16(23)13-14(18)21-15(24-13)11-3-2-6-19-8-11/h2-8H,9H2,1H3. The first-order chi connectivity index (χ1) is 11.5. The topological polar surface area (TPSA) is 59.0 Å². The molecule has 1 amide bonds. The maximum Gasteiger partial charge on any atom is 0.267 e. The second-order valence-electron chi connectivity index (χ2n) is 5.03. The van der Waals surface area contributed by atoms with E-state index in [1.807, 2.05) is 18.2 Å². The molecule has 0 aliphatic rings. The summed E-state index contributed by atoms with van der Waals surface area (Å²) in [4.78, 5) is 26.9. The molecule has 0 saturated heterocycles. The Morgan fingerprint density at radius 2 is 2.08 bits per heavy atom. The van der Waals surface area contributed by atoms with Crippen LogP contribution in [0.2, 0.25) is 10.3 Å². The highest BCUT2D eigenvalue weighted by molar-refractivity contribution is 7.17. The molecule has 0 spiro atoms. The van der Waals surface area contributed by atoms with Crippen molar-refractivity contribution >= 4 is 40.4 Å². The van der Waals surface area contributed by atoms with Gasteiger partial charge in [0.2, 0.25) is 0 Å². The average molecular weight is 379 g/mol. The molecule has 122 valence electrons. The average Bonchev–Trinajstić information content (AvgIpc) is 2.99. The zero-order chi connectivity index (χ0) is 17.1. The monoisotopic (exact) mass is 378 g/mol. The van der Waals surface area contributed by atoms with E-state index in [9.17, 15) is 4.79 Å². The highest BCUT2D eigenvalue weighted by atomic mass is 35.5. The number of carbonyl (C=O) groups excluding carboxylic acids is 1. The molecular formula is C16H12Cl2N4OS. The number of nitrogens with zero attached hydrogens (tertiary/aromatic N) is 4. The molecular weight excluding hydrogens is 367 g/mol. The van der Waals surface area contributed by atoms with Gasteiger partial charge in [-0.1, -0.05) is 29.3 Å². The van der Waals surface area contributed by atoms with Gasteiger partial charge in [-0.2, -0.15) is 0 Å². The third-order valence-electron chi connectivity index (χ3n) is 3.24. The Balaban J connectivity index is 1.79. The first kappa shape index (κ1) is 16.8. The second kappa shape index (κ2) is 7.25. The van der Waals surface area contributed by atoms with Gasteiger partial charge < -0.3 is 4.90 Å². The summed E-state index contributed by atoms with van der Waals surface area (Å²) in [6, 6.07) is 7.20. The summed E-state index contributed by atoms with van der Waals surface area (Å²) in [5, 5.41) is 1.28. The van der Waals surface area contributed by atoms with Gasteiger partial charge >= 0.3 is 0 Å². The number of pyridine rings is 2. The van der Waals surface area contributed by atoms with Crippen LogP contribution in [-0.2, 0) is 6.54 Å². The third-order valence-corrected chi connectivity index (χ3v) is 4.95. The fourth-order valence-electron chi connectivity index (χ4n) is 2.07. The molecule has 0 radical (unpaired) electrons. The zero-order valence-corrected chi connectivity index (χ0v) is 14.9. The van der Waals surface area contributed by atoms with E-state index in [1.165, 1.54) is 11.3 Å². The molecule has 24 heavy (non-hydrogen) atoms. The summed E-state index contributed by atoms with van der Waals surface area (Å²) in [6.07, 6.45) is 5.01. The van der Waals surface area contributed by atoms with Crippen molar-refractivity contribution in [2.45, 2.75) is 6.54 Å². The second-order valence-corrected chi connectivity index (χ2v) is 6.78. The van der Waals surface area contributed by atoms with Crippen molar-refractivity contribution in [2.24, 2.45) is 0 Å². The van der Waals surface area contributed by atoms with E-state index < -0.39 is 0 Å². The van der Waals surface area contributed by atoms with Crippen LogP contribution in [0.15, 0.2) is 42.9 Å². The molecule has 3 aromatic rings. The molecule has 8 heteroatoms. The zero-order valence-electron chi connectivity index (χ0n) is 12.6. The summed E-state index contributed by atoms with van der Waals surface area (Å²) in [5.74, 6) is -0.192. The quantitative estimate of drug-likeness (QED) is 0.638. The van der Waals surface area contributed by atoms with Gasteiger partial charge in [-0.05, 0) is 23.8 Å². The maximum absolute atomic E-state index is 12.6. The molecule has 3 rings (SSSR count). The third kappa shape index (κ3) is 3.72. The van der Waals surface area contributed by atoms with Crippen molar-refractivity contribution < 1.29 is 4.79 Å². The van der Waals surface area contributed by atoms with Crippen molar-refractivity contribution in [1.29, 1.82) is 0 Å². The molecule has 0 unspecified atom stereocenters. The Morgan fingerprint density at radius 3 is 2.75 bits per heavy atom. The van der Waals surface area contributed by atoms with Crippen molar-refractivity contribution in [2.75, 3.05) is 7.05 Å². The molecule has 3 aromatic heterocycles. The van der Waals surface area contributed by atoms with Crippen LogP contribution in [0.3, 0.4) is 0 Å². The molecule has 0 aliphatic heterocycles. The smallest absolute Gasteiger partial charge is 0.267 e. The lowest BCUT2D eigenvalue weighted by molar-refractivity contribution is 0.0789. The summed E-state index contributed by atoms with van der Waals surface area (Å²) >= 11 is 13.2. The fourth-order valence-corrected chi connectivity index (χ4v) is 3.45. The predicted molar refractivity (Wildman–Crippen MR) is 95.4 cm³/mol. The van der Waals surface area contributed by atoms with Crippen LogP contribution in [0.5, 0.6) is 0 Å². The van der Waals surface area contributed by atoms with Crippen LogP contribution in [0.1, 0.15) is 15.2 Å². The van der Waals surface area contributed by atoms with Gasteiger partial charge in [0.1, 0.15) is 15.0 Å². The van der Waals surface area contributed by atoms with Crippen molar-refractivity contribution in [3.8, 4) is 10.6 Å². The first-order valence-corrected chi connectivity index (χ1v) is 8.54. The Bertz CT molecular complexity index is 852. The Morgan fingerprint density at radius 1 is 1.25 bits per heavy atom. The molecule has 0 atom stereocenters. The van der Waals surface area contributed by atoms with E-state index in [0.29, 0.717) is 21.6 Å². The molecule has 0 fully saturated rings. The van der Waals surface area contributed by atoms with Crippen LogP contribution in [-0.4, -0.2) is 32.8 Å². The van der Waals surface area contributed by atoms with Crippen LogP contribution in [0.25, 0.3) is 10.6 Å². The number of halogens is 2. The molecule has 5 nitrogen and oxygen atoms in total. The number of rotatable bonds is 4. The highest BCUT2D eigenvalue weighted by Crippen LogP contribution is 2.31. The lowest BCUT2D eigenvalue weighted by Crippen LogP contribution is -2.25. The van der Waals surface area contributed by atoms with Crippen molar-refractivity contribution in [3.63, 3.8) is 0 Å². The minimum Gasteiger partial charge on any atom is -0.337 e. The van der Waals surface area contributed by atoms with Crippen LogP contribution >= 0.6 is 34.5 Å². The van der Waals surface area contributed by atoms with Gasteiger partial charge in [0, 0.05) is 37.7 Å². The fraction of sp³-hybridized carbons (Fsp3) is 0.125. The van der Waals surface area contributed by atoms with E-state index >= 15 is 0 Å². The number of aromatic nitrogens is 3. The van der Waals surface area contributed by atoms with Gasteiger partial charge in [0.25, 0.3) is 5.91 Å². The van der Waals surface area contributed by atoms with E-state index in [-0.39, 0.29) is 11.1 Å². The summed E-state index contributed by atoms with van der Waals surface area (Å²) in [5.41, 5.74) is 1.70. The van der Waals surface area contributed by atoms with Gasteiger partial charge in [0.05, 0.1) is 0 Å². The van der Waals surface area contributed by atoms with E-state index in [2.05, 4.69) is 15.0 Å². The molecule has 0 bridgehead atoms.